The van der Waals surface area contributed by atoms with E-state index in [1.807, 2.05) is 0 Å². The van der Waals surface area contributed by atoms with Gasteiger partial charge in [0.2, 0.25) is 10.0 Å². The molecule has 1 saturated heterocycles. The first-order chi connectivity index (χ1) is 18.2. The number of hydrogen-bond acceptors (Lipinski definition) is 7. The second kappa shape index (κ2) is 10.1. The van der Waals surface area contributed by atoms with Crippen LogP contribution >= 0.6 is 11.3 Å². The molecule has 3 aromatic rings. The first-order valence-electron chi connectivity index (χ1n) is 12.4. The minimum absolute atomic E-state index is 0.0902. The molecule has 0 spiro atoms. The molecular weight excluding hydrogens is 575 g/mol. The van der Waals surface area contributed by atoms with Gasteiger partial charge in [0, 0.05) is 24.0 Å². The maximum atomic E-state index is 13.2. The van der Waals surface area contributed by atoms with Crippen molar-refractivity contribution in [3.8, 4) is 10.4 Å². The molecule has 8 nitrogen and oxygen atoms in total. The monoisotopic (exact) mass is 601 g/mol. The number of sulfonamides is 1. The van der Waals surface area contributed by atoms with E-state index in [0.717, 1.165) is 31.1 Å². The Morgan fingerprint density at radius 2 is 1.77 bits per heavy atom. The minimum atomic E-state index is -4.75. The fraction of sp³-hybridized carbons (Fsp3) is 0.440. The van der Waals surface area contributed by atoms with Crippen LogP contribution in [0.25, 0.3) is 21.2 Å². The normalized spacial score (nSPS) is 18.8. The van der Waals surface area contributed by atoms with Crippen molar-refractivity contribution in [3.05, 3.63) is 47.1 Å². The van der Waals surface area contributed by atoms with Crippen molar-refractivity contribution in [1.29, 1.82) is 0 Å². The number of carbonyl (C=O) groups excluding carboxylic acids is 1. The Bertz CT molecular complexity index is 1630. The topological polar surface area (TPSA) is 114 Å². The number of fused-ring (bicyclic) bond motifs is 1. The zero-order chi connectivity index (χ0) is 28.2. The molecule has 0 radical (unpaired) electrons. The summed E-state index contributed by atoms with van der Waals surface area (Å²) in [6.45, 7) is 0.922. The second-order valence-electron chi connectivity index (χ2n) is 9.93. The lowest BCUT2D eigenvalue weighted by molar-refractivity contribution is -0.147. The fourth-order valence-corrected chi connectivity index (χ4v) is 8.25. The molecule has 2 aliphatic rings. The van der Waals surface area contributed by atoms with Crippen LogP contribution in [0.2, 0.25) is 0 Å². The standard InChI is InChI=1S/C25H26F3N3O5S3/c1-15(25(26,27)28)30-39(35,36)21-9-8-19(17-4-2-3-5-18(17)21)22-20(14-16-6-7-16)29-23(37-22)24(32)31-10-12-38(33,34)13-11-31/h2-5,8-9,15-16,30H,6-7,10-14H2,1H3/t15-/m0/s1. The zero-order valence-corrected chi connectivity index (χ0v) is 23.3. The molecule has 14 heteroatoms. The van der Waals surface area contributed by atoms with Gasteiger partial charge in [0.15, 0.2) is 14.8 Å². The quantitative estimate of drug-likeness (QED) is 0.438. The number of halogens is 3. The first-order valence-corrected chi connectivity index (χ1v) is 16.5. The second-order valence-corrected chi connectivity index (χ2v) is 14.9. The van der Waals surface area contributed by atoms with Crippen molar-refractivity contribution >= 4 is 47.9 Å². The van der Waals surface area contributed by atoms with Crippen LogP contribution in [0, 0.1) is 5.92 Å². The maximum Gasteiger partial charge on any atom is 0.404 e. The van der Waals surface area contributed by atoms with Gasteiger partial charge in [-0.3, -0.25) is 4.79 Å². The van der Waals surface area contributed by atoms with E-state index in [1.165, 1.54) is 17.0 Å². The van der Waals surface area contributed by atoms with Crippen LogP contribution in [-0.2, 0) is 26.3 Å². The molecule has 1 aliphatic heterocycles. The molecule has 1 amide bonds. The summed E-state index contributed by atoms with van der Waals surface area (Å²) in [5.41, 5.74) is 1.32. The smallest absolute Gasteiger partial charge is 0.335 e. The van der Waals surface area contributed by atoms with Gasteiger partial charge in [0.25, 0.3) is 5.91 Å². The predicted octanol–water partition coefficient (Wildman–Crippen LogP) is 4.02. The molecule has 2 heterocycles. The number of thiazole rings is 1. The summed E-state index contributed by atoms with van der Waals surface area (Å²) in [5.74, 6) is -0.138. The van der Waals surface area contributed by atoms with E-state index in [9.17, 15) is 34.8 Å². The van der Waals surface area contributed by atoms with Crippen LogP contribution in [0.4, 0.5) is 13.2 Å². The van der Waals surface area contributed by atoms with E-state index in [4.69, 9.17) is 0 Å². The van der Waals surface area contributed by atoms with Crippen LogP contribution in [-0.4, -0.2) is 69.4 Å². The Hall–Kier alpha value is -2.55. The minimum Gasteiger partial charge on any atom is -0.335 e. The first kappa shape index (κ1) is 28.0. The lowest BCUT2D eigenvalue weighted by atomic mass is 10.0. The summed E-state index contributed by atoms with van der Waals surface area (Å²) in [5, 5.41) is 0.974. The van der Waals surface area contributed by atoms with Gasteiger partial charge in [-0.05, 0) is 43.6 Å². The van der Waals surface area contributed by atoms with Gasteiger partial charge < -0.3 is 4.90 Å². The van der Waals surface area contributed by atoms with E-state index in [0.29, 0.717) is 33.9 Å². The molecule has 1 atom stereocenters. The number of nitrogens with zero attached hydrogens (tertiary/aromatic N) is 2. The third-order valence-corrected chi connectivity index (χ3v) is 11.3. The van der Waals surface area contributed by atoms with E-state index < -0.39 is 32.1 Å². The summed E-state index contributed by atoms with van der Waals surface area (Å²) in [6, 6.07) is 7.08. The van der Waals surface area contributed by atoms with Crippen LogP contribution in [0.1, 0.15) is 35.3 Å². The largest absolute Gasteiger partial charge is 0.404 e. The highest BCUT2D eigenvalue weighted by Gasteiger charge is 2.39. The summed E-state index contributed by atoms with van der Waals surface area (Å²) in [6.07, 6.45) is -2.05. The maximum absolute atomic E-state index is 13.2. The Kier molecular flexibility index (Phi) is 7.27. The third kappa shape index (κ3) is 5.98. The summed E-state index contributed by atoms with van der Waals surface area (Å²) >= 11 is 1.16. The lowest BCUT2D eigenvalue weighted by Crippen LogP contribution is -2.43. The molecule has 0 bridgehead atoms. The van der Waals surface area contributed by atoms with Gasteiger partial charge in [0.1, 0.15) is 6.04 Å². The molecule has 1 aliphatic carbocycles. The number of amides is 1. The SMILES string of the molecule is C[C@H](NS(=O)(=O)c1ccc(-c2sc(C(=O)N3CCS(=O)(=O)CC3)nc2CC2CC2)c2ccccc12)C(F)(F)F. The van der Waals surface area contributed by atoms with Gasteiger partial charge in [-0.2, -0.15) is 17.9 Å². The Labute approximate surface area is 228 Å². The Balaban J connectivity index is 1.56. The van der Waals surface area contributed by atoms with Crippen molar-refractivity contribution in [3.63, 3.8) is 0 Å². The van der Waals surface area contributed by atoms with E-state index in [-0.39, 0.29) is 45.8 Å². The molecule has 2 aromatic carbocycles. The highest BCUT2D eigenvalue weighted by Crippen LogP contribution is 2.42. The summed E-state index contributed by atoms with van der Waals surface area (Å²) in [4.78, 5) is 19.8. The number of aromatic nitrogens is 1. The number of hydrogen-bond donors (Lipinski definition) is 1. The Morgan fingerprint density at radius 3 is 2.38 bits per heavy atom. The number of rotatable bonds is 7. The van der Waals surface area contributed by atoms with E-state index in [2.05, 4.69) is 4.98 Å². The summed E-state index contributed by atoms with van der Waals surface area (Å²) in [7, 11) is -7.68. The van der Waals surface area contributed by atoms with Crippen LogP contribution in [0.15, 0.2) is 41.3 Å². The zero-order valence-electron chi connectivity index (χ0n) is 20.9. The third-order valence-electron chi connectivity index (χ3n) is 6.93. The van der Waals surface area contributed by atoms with Crippen LogP contribution < -0.4 is 4.72 Å². The molecule has 210 valence electrons. The van der Waals surface area contributed by atoms with Gasteiger partial charge >= 0.3 is 6.18 Å². The molecule has 1 N–H and O–H groups in total. The van der Waals surface area contributed by atoms with Crippen LogP contribution in [0.3, 0.4) is 0 Å². The highest BCUT2D eigenvalue weighted by molar-refractivity contribution is 7.91. The van der Waals surface area contributed by atoms with Crippen LogP contribution in [0.5, 0.6) is 0 Å². The molecule has 1 aromatic heterocycles. The molecule has 2 fully saturated rings. The number of sulfone groups is 1. The number of alkyl halides is 3. The summed E-state index contributed by atoms with van der Waals surface area (Å²) < 4.78 is 90.6. The Morgan fingerprint density at radius 1 is 1.13 bits per heavy atom. The number of nitrogens with one attached hydrogen (secondary N) is 1. The molecule has 1 saturated carbocycles. The van der Waals surface area contributed by atoms with Crippen molar-refractivity contribution in [2.24, 2.45) is 5.92 Å². The van der Waals surface area contributed by atoms with Gasteiger partial charge in [-0.1, -0.05) is 30.3 Å². The molecule has 5 rings (SSSR count). The lowest BCUT2D eigenvalue weighted by Gasteiger charge is -2.25. The highest BCUT2D eigenvalue weighted by atomic mass is 32.2. The average molecular weight is 602 g/mol. The van der Waals surface area contributed by atoms with Gasteiger partial charge in [-0.25, -0.2) is 21.8 Å². The molecular formula is C25H26F3N3O5S3. The number of benzene rings is 2. The fourth-order valence-electron chi connectivity index (χ4n) is 4.50. The van der Waals surface area contributed by atoms with E-state index >= 15 is 0 Å². The van der Waals surface area contributed by atoms with Crippen molar-refractivity contribution in [2.45, 2.75) is 43.3 Å². The van der Waals surface area contributed by atoms with Crippen molar-refractivity contribution in [1.82, 2.24) is 14.6 Å². The van der Waals surface area contributed by atoms with Gasteiger partial charge in [0.05, 0.1) is 27.0 Å². The van der Waals surface area contributed by atoms with Crippen molar-refractivity contribution < 1.29 is 34.8 Å². The van der Waals surface area contributed by atoms with Gasteiger partial charge in [-0.15, -0.1) is 11.3 Å². The number of carbonyl (C=O) groups is 1. The average Bonchev–Trinajstić information content (AvgIpc) is 3.58. The molecule has 39 heavy (non-hydrogen) atoms. The van der Waals surface area contributed by atoms with E-state index in [1.54, 1.807) is 29.0 Å². The predicted molar refractivity (Wildman–Crippen MR) is 142 cm³/mol. The van der Waals surface area contributed by atoms with Crippen molar-refractivity contribution in [2.75, 3.05) is 24.6 Å². The molecule has 0 unspecified atom stereocenters.